The van der Waals surface area contributed by atoms with E-state index in [0.717, 1.165) is 22.7 Å². The lowest BCUT2D eigenvalue weighted by atomic mass is 10.3. The fourth-order valence-corrected chi connectivity index (χ4v) is 2.90. The van der Waals surface area contributed by atoms with Crippen LogP contribution in [0, 0.1) is 0 Å². The summed E-state index contributed by atoms with van der Waals surface area (Å²) in [6.07, 6.45) is 0.528. The lowest BCUT2D eigenvalue weighted by molar-refractivity contribution is -0.304. The molecule has 0 aliphatic carbocycles. The van der Waals surface area contributed by atoms with Gasteiger partial charge in [0.25, 0.3) is 0 Å². The van der Waals surface area contributed by atoms with Crippen LogP contribution >= 0.6 is 11.8 Å². The summed E-state index contributed by atoms with van der Waals surface area (Å²) in [4.78, 5) is 15.5. The first-order valence-electron chi connectivity index (χ1n) is 6.00. The molecule has 1 atom stereocenters. The normalized spacial score (nSPS) is 12.8. The molecular formula is C13H15N2O2S-. The Morgan fingerprint density at radius 2 is 2.17 bits per heavy atom. The molecule has 0 aliphatic heterocycles. The van der Waals surface area contributed by atoms with Gasteiger partial charge in [0, 0.05) is 6.54 Å². The van der Waals surface area contributed by atoms with Crippen molar-refractivity contribution in [3.8, 4) is 0 Å². The Kier molecular flexibility index (Phi) is 3.91. The van der Waals surface area contributed by atoms with E-state index in [4.69, 9.17) is 0 Å². The third kappa shape index (κ3) is 2.36. The number of rotatable bonds is 5. The number of aliphatic carboxylic acids is 1. The molecule has 0 amide bonds. The SMILES string of the molecule is CC[C@H](Sc1nc2ccccc2n1CC)C(=O)[O-]. The number of para-hydroxylation sites is 2. The number of carboxylic acids is 1. The molecule has 0 spiro atoms. The highest BCUT2D eigenvalue weighted by Gasteiger charge is 2.15. The van der Waals surface area contributed by atoms with E-state index in [-0.39, 0.29) is 0 Å². The molecule has 1 heterocycles. The van der Waals surface area contributed by atoms with E-state index >= 15 is 0 Å². The van der Waals surface area contributed by atoms with Crippen LogP contribution in [0.15, 0.2) is 29.4 Å². The molecule has 1 aromatic heterocycles. The largest absolute Gasteiger partial charge is 0.549 e. The highest BCUT2D eigenvalue weighted by Crippen LogP contribution is 2.28. The van der Waals surface area contributed by atoms with E-state index < -0.39 is 11.2 Å². The molecular weight excluding hydrogens is 248 g/mol. The molecule has 2 rings (SSSR count). The van der Waals surface area contributed by atoms with Crippen LogP contribution in [-0.4, -0.2) is 20.8 Å². The first kappa shape index (κ1) is 13.0. The number of hydrogen-bond acceptors (Lipinski definition) is 4. The van der Waals surface area contributed by atoms with Crippen molar-refractivity contribution in [1.29, 1.82) is 0 Å². The van der Waals surface area contributed by atoms with Crippen molar-refractivity contribution < 1.29 is 9.90 Å². The van der Waals surface area contributed by atoms with Gasteiger partial charge in [0.05, 0.1) is 22.3 Å². The minimum absolute atomic E-state index is 0.528. The van der Waals surface area contributed by atoms with Crippen LogP contribution in [-0.2, 0) is 11.3 Å². The summed E-state index contributed by atoms with van der Waals surface area (Å²) in [7, 11) is 0. The summed E-state index contributed by atoms with van der Waals surface area (Å²) in [5, 5.41) is 11.2. The Morgan fingerprint density at radius 3 is 2.78 bits per heavy atom. The standard InChI is InChI=1S/C13H16N2O2S/c1-3-11(12(16)17)18-13-14-9-7-5-6-8-10(9)15(13)4-2/h5-8,11H,3-4H2,1-2H3,(H,16,17)/p-1/t11-/m0/s1. The highest BCUT2D eigenvalue weighted by atomic mass is 32.2. The Bertz CT molecular complexity index is 565. The molecule has 18 heavy (non-hydrogen) atoms. The van der Waals surface area contributed by atoms with E-state index in [0.29, 0.717) is 6.42 Å². The zero-order valence-electron chi connectivity index (χ0n) is 10.4. The second kappa shape index (κ2) is 5.44. The lowest BCUT2D eigenvalue weighted by Crippen LogP contribution is -2.33. The Labute approximate surface area is 110 Å². The van der Waals surface area contributed by atoms with Crippen molar-refractivity contribution in [2.45, 2.75) is 37.2 Å². The number of carbonyl (C=O) groups excluding carboxylic acids is 1. The van der Waals surface area contributed by atoms with Crippen LogP contribution in [0.5, 0.6) is 0 Å². The number of benzene rings is 1. The maximum atomic E-state index is 11.0. The molecule has 4 nitrogen and oxygen atoms in total. The van der Waals surface area contributed by atoms with Gasteiger partial charge in [-0.1, -0.05) is 30.8 Å². The lowest BCUT2D eigenvalue weighted by Gasteiger charge is -2.15. The van der Waals surface area contributed by atoms with Crippen molar-refractivity contribution >= 4 is 28.8 Å². The molecule has 0 saturated carbocycles. The minimum atomic E-state index is -1.03. The Hall–Kier alpha value is -1.49. The van der Waals surface area contributed by atoms with E-state index in [2.05, 4.69) is 4.98 Å². The summed E-state index contributed by atoms with van der Waals surface area (Å²) < 4.78 is 2.03. The van der Waals surface area contributed by atoms with Gasteiger partial charge in [-0.3, -0.25) is 0 Å². The zero-order chi connectivity index (χ0) is 13.1. The van der Waals surface area contributed by atoms with Crippen LogP contribution in [0.3, 0.4) is 0 Å². The number of carboxylic acid groups (broad SMARTS) is 1. The van der Waals surface area contributed by atoms with Crippen LogP contribution in [0.1, 0.15) is 20.3 Å². The molecule has 0 saturated heterocycles. The number of nitrogens with zero attached hydrogens (tertiary/aromatic N) is 2. The molecule has 96 valence electrons. The monoisotopic (exact) mass is 263 g/mol. The molecule has 0 fully saturated rings. The van der Waals surface area contributed by atoms with E-state index in [1.807, 2.05) is 42.7 Å². The minimum Gasteiger partial charge on any atom is -0.549 e. The number of aryl methyl sites for hydroxylation is 1. The number of hydrogen-bond donors (Lipinski definition) is 0. The van der Waals surface area contributed by atoms with Crippen molar-refractivity contribution in [3.63, 3.8) is 0 Å². The topological polar surface area (TPSA) is 58.0 Å². The summed E-state index contributed by atoms with van der Waals surface area (Å²) in [6, 6.07) is 7.82. The van der Waals surface area contributed by atoms with E-state index in [1.54, 1.807) is 0 Å². The number of fused-ring (bicyclic) bond motifs is 1. The number of thioether (sulfide) groups is 1. The smallest absolute Gasteiger partial charge is 0.169 e. The molecule has 0 aliphatic rings. The quantitative estimate of drug-likeness (QED) is 0.770. The van der Waals surface area contributed by atoms with Gasteiger partial charge in [-0.25, -0.2) is 4.98 Å². The highest BCUT2D eigenvalue weighted by molar-refractivity contribution is 8.00. The second-order valence-corrected chi connectivity index (χ2v) is 5.13. The van der Waals surface area contributed by atoms with Gasteiger partial charge in [-0.15, -0.1) is 0 Å². The average Bonchev–Trinajstić information content (AvgIpc) is 2.72. The summed E-state index contributed by atoms with van der Waals surface area (Å²) >= 11 is 1.26. The van der Waals surface area contributed by atoms with Gasteiger partial charge >= 0.3 is 0 Å². The zero-order valence-corrected chi connectivity index (χ0v) is 11.2. The van der Waals surface area contributed by atoms with Crippen molar-refractivity contribution in [2.75, 3.05) is 0 Å². The third-order valence-electron chi connectivity index (χ3n) is 2.82. The molecule has 2 aromatic rings. The molecule has 0 N–H and O–H groups in total. The van der Waals surface area contributed by atoms with Crippen molar-refractivity contribution in [1.82, 2.24) is 9.55 Å². The van der Waals surface area contributed by atoms with Gasteiger partial charge in [0.2, 0.25) is 0 Å². The fourth-order valence-electron chi connectivity index (χ4n) is 1.87. The van der Waals surface area contributed by atoms with Crippen molar-refractivity contribution in [3.05, 3.63) is 24.3 Å². The average molecular weight is 263 g/mol. The molecule has 5 heteroatoms. The molecule has 0 bridgehead atoms. The molecule has 1 aromatic carbocycles. The van der Waals surface area contributed by atoms with Gasteiger partial charge in [-0.05, 0) is 25.5 Å². The van der Waals surface area contributed by atoms with Gasteiger partial charge in [0.1, 0.15) is 0 Å². The molecule has 0 radical (unpaired) electrons. The molecule has 0 unspecified atom stereocenters. The predicted octanol–water partition coefficient (Wildman–Crippen LogP) is 1.68. The van der Waals surface area contributed by atoms with Gasteiger partial charge in [0.15, 0.2) is 5.16 Å². The predicted molar refractivity (Wildman–Crippen MR) is 70.4 cm³/mol. The van der Waals surface area contributed by atoms with Crippen LogP contribution < -0.4 is 5.11 Å². The second-order valence-electron chi connectivity index (χ2n) is 3.96. The number of carbonyl (C=O) groups is 1. The third-order valence-corrected chi connectivity index (χ3v) is 4.15. The van der Waals surface area contributed by atoms with Crippen LogP contribution in [0.25, 0.3) is 11.0 Å². The first-order valence-corrected chi connectivity index (χ1v) is 6.88. The first-order chi connectivity index (χ1) is 8.67. The van der Waals surface area contributed by atoms with Gasteiger partial charge < -0.3 is 14.5 Å². The maximum absolute atomic E-state index is 11.0. The van der Waals surface area contributed by atoms with E-state index in [1.165, 1.54) is 11.8 Å². The number of aromatic nitrogens is 2. The fraction of sp³-hybridized carbons (Fsp3) is 0.385. The number of imidazole rings is 1. The van der Waals surface area contributed by atoms with Crippen LogP contribution in [0.2, 0.25) is 0 Å². The summed E-state index contributed by atoms with van der Waals surface area (Å²) in [6.45, 7) is 4.64. The van der Waals surface area contributed by atoms with E-state index in [9.17, 15) is 9.90 Å². The summed E-state index contributed by atoms with van der Waals surface area (Å²) in [5.41, 5.74) is 1.94. The summed E-state index contributed by atoms with van der Waals surface area (Å²) in [5.74, 6) is -1.03. The maximum Gasteiger partial charge on any atom is 0.169 e. The Morgan fingerprint density at radius 1 is 1.44 bits per heavy atom. The Balaban J connectivity index is 2.41. The van der Waals surface area contributed by atoms with Crippen LogP contribution in [0.4, 0.5) is 0 Å². The van der Waals surface area contributed by atoms with Crippen molar-refractivity contribution in [2.24, 2.45) is 0 Å². The van der Waals surface area contributed by atoms with Gasteiger partial charge in [-0.2, -0.15) is 0 Å².